The number of rotatable bonds is 3. The summed E-state index contributed by atoms with van der Waals surface area (Å²) in [6, 6.07) is -0.155. The molecule has 0 spiro atoms. The van der Waals surface area contributed by atoms with Crippen LogP contribution in [0, 0.1) is 11.3 Å². The molecule has 3 N–H and O–H groups in total. The summed E-state index contributed by atoms with van der Waals surface area (Å²) in [6.07, 6.45) is 3.76. The van der Waals surface area contributed by atoms with E-state index in [0.29, 0.717) is 5.92 Å². The summed E-state index contributed by atoms with van der Waals surface area (Å²) in [4.78, 5) is 13.4. The first kappa shape index (κ1) is 10.9. The maximum absolute atomic E-state index is 11.2. The van der Waals surface area contributed by atoms with Crippen molar-refractivity contribution in [3.8, 4) is 0 Å². The molecule has 2 fully saturated rings. The summed E-state index contributed by atoms with van der Waals surface area (Å²) >= 11 is 0. The normalized spacial score (nSPS) is 32.3. The maximum atomic E-state index is 11.2. The van der Waals surface area contributed by atoms with E-state index in [1.54, 1.807) is 0 Å². The third kappa shape index (κ3) is 1.88. The first-order valence-corrected chi connectivity index (χ1v) is 5.74. The minimum Gasteiger partial charge on any atom is -0.481 e. The smallest absolute Gasteiger partial charge is 0.311 e. The molecule has 1 aliphatic heterocycles. The number of hydrogen-bond donors (Lipinski definition) is 2. The highest BCUT2D eigenvalue weighted by atomic mass is 16.4. The summed E-state index contributed by atoms with van der Waals surface area (Å²) in [5, 5.41) is 9.18. The molecule has 1 saturated carbocycles. The molecular weight excluding hydrogens is 192 g/mol. The molecule has 4 nitrogen and oxygen atoms in total. The minimum atomic E-state index is -0.691. The number of nitrogens with two attached hydrogens (primary N) is 1. The molecule has 0 amide bonds. The van der Waals surface area contributed by atoms with Crippen molar-refractivity contribution >= 4 is 5.97 Å². The Morgan fingerprint density at radius 3 is 2.73 bits per heavy atom. The summed E-state index contributed by atoms with van der Waals surface area (Å²) in [7, 11) is 2.08. The molecule has 1 aliphatic carbocycles. The zero-order valence-corrected chi connectivity index (χ0v) is 9.28. The zero-order valence-electron chi connectivity index (χ0n) is 9.28. The van der Waals surface area contributed by atoms with Gasteiger partial charge in [0.15, 0.2) is 0 Å². The molecule has 0 bridgehead atoms. The standard InChI is InChI=1S/C11H20N2O2/c1-13-6-2-3-8(7-13)9(12)11(4-5-11)10(14)15/h8-9H,2-7,12H2,1H3,(H,14,15). The van der Waals surface area contributed by atoms with E-state index in [9.17, 15) is 9.90 Å². The van der Waals surface area contributed by atoms with Crippen LogP contribution in [0.1, 0.15) is 25.7 Å². The fraction of sp³-hybridized carbons (Fsp3) is 0.909. The Morgan fingerprint density at radius 2 is 2.27 bits per heavy atom. The van der Waals surface area contributed by atoms with Gasteiger partial charge in [0.2, 0.25) is 0 Å². The van der Waals surface area contributed by atoms with Crippen molar-refractivity contribution in [2.75, 3.05) is 20.1 Å². The highest BCUT2D eigenvalue weighted by molar-refractivity contribution is 5.78. The van der Waals surface area contributed by atoms with Gasteiger partial charge in [0, 0.05) is 12.6 Å². The Balaban J connectivity index is 2.01. The van der Waals surface area contributed by atoms with E-state index in [-0.39, 0.29) is 6.04 Å². The van der Waals surface area contributed by atoms with Gasteiger partial charge in [-0.25, -0.2) is 0 Å². The van der Waals surface area contributed by atoms with Gasteiger partial charge in [0.1, 0.15) is 0 Å². The topological polar surface area (TPSA) is 66.6 Å². The molecule has 2 atom stereocenters. The van der Waals surface area contributed by atoms with Crippen LogP contribution in [0.3, 0.4) is 0 Å². The Morgan fingerprint density at radius 1 is 1.60 bits per heavy atom. The third-order valence-corrected chi connectivity index (χ3v) is 4.02. The molecule has 0 aromatic carbocycles. The Bertz CT molecular complexity index is 263. The number of likely N-dealkylation sites (tertiary alicyclic amines) is 1. The highest BCUT2D eigenvalue weighted by Crippen LogP contribution is 2.51. The van der Waals surface area contributed by atoms with Crippen molar-refractivity contribution in [2.24, 2.45) is 17.1 Å². The van der Waals surface area contributed by atoms with Gasteiger partial charge < -0.3 is 15.7 Å². The van der Waals surface area contributed by atoms with Gasteiger partial charge in [-0.1, -0.05) is 0 Å². The molecule has 0 aromatic rings. The van der Waals surface area contributed by atoms with Crippen LogP contribution in [0.25, 0.3) is 0 Å². The Hall–Kier alpha value is -0.610. The van der Waals surface area contributed by atoms with E-state index in [2.05, 4.69) is 11.9 Å². The second-order valence-electron chi connectivity index (χ2n) is 5.15. The Kier molecular flexibility index (Phi) is 2.73. The van der Waals surface area contributed by atoms with E-state index >= 15 is 0 Å². The van der Waals surface area contributed by atoms with Crippen LogP contribution < -0.4 is 5.73 Å². The van der Waals surface area contributed by atoms with Gasteiger partial charge in [-0.2, -0.15) is 0 Å². The number of aliphatic carboxylic acids is 1. The quantitative estimate of drug-likeness (QED) is 0.715. The van der Waals surface area contributed by atoms with Gasteiger partial charge in [-0.05, 0) is 45.2 Å². The molecular formula is C11H20N2O2. The van der Waals surface area contributed by atoms with E-state index in [1.165, 1.54) is 0 Å². The van der Waals surface area contributed by atoms with Crippen LogP contribution in [0.15, 0.2) is 0 Å². The number of carbonyl (C=O) groups is 1. The SMILES string of the molecule is CN1CCCC(C(N)C2(C(=O)O)CC2)C1. The zero-order chi connectivity index (χ0) is 11.1. The summed E-state index contributed by atoms with van der Waals surface area (Å²) in [5.74, 6) is -0.328. The highest BCUT2D eigenvalue weighted by Gasteiger charge is 2.56. The molecule has 2 aliphatic rings. The number of piperidine rings is 1. The molecule has 86 valence electrons. The predicted octanol–water partition coefficient (Wildman–Crippen LogP) is 0.520. The first-order valence-electron chi connectivity index (χ1n) is 5.74. The van der Waals surface area contributed by atoms with Crippen LogP contribution in [0.4, 0.5) is 0 Å². The van der Waals surface area contributed by atoms with Crippen LogP contribution in [-0.4, -0.2) is 42.2 Å². The number of carboxylic acids is 1. The molecule has 15 heavy (non-hydrogen) atoms. The van der Waals surface area contributed by atoms with E-state index < -0.39 is 11.4 Å². The lowest BCUT2D eigenvalue weighted by Crippen LogP contribution is -2.49. The van der Waals surface area contributed by atoms with E-state index in [4.69, 9.17) is 5.73 Å². The summed E-state index contributed by atoms with van der Waals surface area (Å²) in [5.41, 5.74) is 5.56. The molecule has 0 aromatic heterocycles. The van der Waals surface area contributed by atoms with Gasteiger partial charge in [0.05, 0.1) is 5.41 Å². The van der Waals surface area contributed by atoms with Crippen LogP contribution in [0.2, 0.25) is 0 Å². The van der Waals surface area contributed by atoms with E-state index in [1.807, 2.05) is 0 Å². The second-order valence-corrected chi connectivity index (χ2v) is 5.15. The molecule has 1 heterocycles. The molecule has 2 unspecified atom stereocenters. The van der Waals surface area contributed by atoms with Crippen molar-refractivity contribution < 1.29 is 9.90 Å². The van der Waals surface area contributed by atoms with Crippen molar-refractivity contribution in [1.29, 1.82) is 0 Å². The van der Waals surface area contributed by atoms with Crippen LogP contribution in [0.5, 0.6) is 0 Å². The maximum Gasteiger partial charge on any atom is 0.311 e. The van der Waals surface area contributed by atoms with Crippen molar-refractivity contribution in [3.63, 3.8) is 0 Å². The van der Waals surface area contributed by atoms with Crippen LogP contribution in [-0.2, 0) is 4.79 Å². The first-order chi connectivity index (χ1) is 7.06. The predicted molar refractivity (Wildman–Crippen MR) is 57.5 cm³/mol. The molecule has 2 rings (SSSR count). The third-order valence-electron chi connectivity index (χ3n) is 4.02. The van der Waals surface area contributed by atoms with Gasteiger partial charge >= 0.3 is 5.97 Å². The van der Waals surface area contributed by atoms with Gasteiger partial charge in [0.25, 0.3) is 0 Å². The summed E-state index contributed by atoms with van der Waals surface area (Å²) < 4.78 is 0. The summed E-state index contributed by atoms with van der Waals surface area (Å²) in [6.45, 7) is 2.07. The van der Waals surface area contributed by atoms with Gasteiger partial charge in [-0.15, -0.1) is 0 Å². The van der Waals surface area contributed by atoms with Crippen molar-refractivity contribution in [2.45, 2.75) is 31.7 Å². The molecule has 0 radical (unpaired) electrons. The van der Waals surface area contributed by atoms with Crippen molar-refractivity contribution in [1.82, 2.24) is 4.90 Å². The fourth-order valence-electron chi connectivity index (χ4n) is 2.78. The minimum absolute atomic E-state index is 0.155. The fourth-order valence-corrected chi connectivity index (χ4v) is 2.78. The van der Waals surface area contributed by atoms with Crippen molar-refractivity contribution in [3.05, 3.63) is 0 Å². The molecule has 1 saturated heterocycles. The number of carboxylic acid groups (broad SMARTS) is 1. The lowest BCUT2D eigenvalue weighted by molar-refractivity contribution is -0.145. The van der Waals surface area contributed by atoms with Gasteiger partial charge in [-0.3, -0.25) is 4.79 Å². The lowest BCUT2D eigenvalue weighted by Gasteiger charge is -2.35. The monoisotopic (exact) mass is 212 g/mol. The number of hydrogen-bond acceptors (Lipinski definition) is 3. The average Bonchev–Trinajstić information content (AvgIpc) is 2.97. The molecule has 4 heteroatoms. The average molecular weight is 212 g/mol. The van der Waals surface area contributed by atoms with E-state index in [0.717, 1.165) is 38.8 Å². The number of nitrogens with zero attached hydrogens (tertiary/aromatic N) is 1. The van der Waals surface area contributed by atoms with Crippen LogP contribution >= 0.6 is 0 Å². The lowest BCUT2D eigenvalue weighted by atomic mass is 9.81. The second kappa shape index (κ2) is 3.76. The largest absolute Gasteiger partial charge is 0.481 e. The Labute approximate surface area is 90.4 Å².